The van der Waals surface area contributed by atoms with Crippen LogP contribution in [0.4, 0.5) is 14.5 Å². The Labute approximate surface area is 146 Å². The zero-order chi connectivity index (χ0) is 18.4. The fourth-order valence-electron chi connectivity index (χ4n) is 1.88. The average molecular weight is 365 g/mol. The SMILES string of the molecule is N#CCc1ccc(NC(=O)COC(=O)c2cc(F)c(F)cc2Cl)cc1. The van der Waals surface area contributed by atoms with Crippen LogP contribution in [0.3, 0.4) is 0 Å². The van der Waals surface area contributed by atoms with E-state index in [0.29, 0.717) is 17.8 Å². The molecule has 2 aromatic rings. The van der Waals surface area contributed by atoms with E-state index in [1.165, 1.54) is 0 Å². The Balaban J connectivity index is 1.92. The van der Waals surface area contributed by atoms with Crippen molar-refractivity contribution in [1.29, 1.82) is 5.26 Å². The number of carbonyl (C=O) groups excluding carboxylic acids is 2. The van der Waals surface area contributed by atoms with E-state index in [-0.39, 0.29) is 17.0 Å². The molecule has 0 aromatic heterocycles. The maximum absolute atomic E-state index is 13.2. The minimum atomic E-state index is -1.25. The van der Waals surface area contributed by atoms with E-state index in [4.69, 9.17) is 21.6 Å². The first-order valence-electron chi connectivity index (χ1n) is 6.98. The molecule has 0 radical (unpaired) electrons. The molecule has 0 aliphatic carbocycles. The summed E-state index contributed by atoms with van der Waals surface area (Å²) in [4.78, 5) is 23.6. The number of hydrogen-bond acceptors (Lipinski definition) is 4. The summed E-state index contributed by atoms with van der Waals surface area (Å²) in [6, 6.07) is 9.79. The van der Waals surface area contributed by atoms with Gasteiger partial charge in [0.25, 0.3) is 5.91 Å². The van der Waals surface area contributed by atoms with E-state index in [0.717, 1.165) is 5.56 Å². The quantitative estimate of drug-likeness (QED) is 0.650. The highest BCUT2D eigenvalue weighted by Gasteiger charge is 2.17. The van der Waals surface area contributed by atoms with Gasteiger partial charge in [0.05, 0.1) is 23.1 Å². The zero-order valence-corrected chi connectivity index (χ0v) is 13.4. The molecule has 0 unspecified atom stereocenters. The number of rotatable bonds is 5. The standard InChI is InChI=1S/C17H11ClF2N2O3/c18-13-8-15(20)14(19)7-12(13)17(24)25-9-16(23)22-11-3-1-10(2-4-11)5-6-21/h1-4,7-8H,5,9H2,(H,22,23). The van der Waals surface area contributed by atoms with Gasteiger partial charge in [0.1, 0.15) is 0 Å². The lowest BCUT2D eigenvalue weighted by molar-refractivity contribution is -0.119. The summed E-state index contributed by atoms with van der Waals surface area (Å²) in [6.07, 6.45) is 0.251. The van der Waals surface area contributed by atoms with Crippen molar-refractivity contribution in [3.05, 3.63) is 64.2 Å². The summed E-state index contributed by atoms with van der Waals surface area (Å²) in [5.74, 6) is -4.12. The zero-order valence-electron chi connectivity index (χ0n) is 12.7. The van der Waals surface area contributed by atoms with E-state index < -0.39 is 30.1 Å². The number of ether oxygens (including phenoxy) is 1. The fraction of sp³-hybridized carbons (Fsp3) is 0.118. The van der Waals surface area contributed by atoms with Crippen LogP contribution in [0.1, 0.15) is 15.9 Å². The van der Waals surface area contributed by atoms with Crippen LogP contribution in [0.15, 0.2) is 36.4 Å². The number of amides is 1. The molecule has 0 bridgehead atoms. The molecular formula is C17H11ClF2N2O3. The van der Waals surface area contributed by atoms with Crippen LogP contribution in [0.2, 0.25) is 5.02 Å². The van der Waals surface area contributed by atoms with Gasteiger partial charge in [-0.15, -0.1) is 0 Å². The van der Waals surface area contributed by atoms with Gasteiger partial charge in [0.2, 0.25) is 0 Å². The Kier molecular flexibility index (Phi) is 6.03. The fourth-order valence-corrected chi connectivity index (χ4v) is 2.11. The molecule has 0 fully saturated rings. The lowest BCUT2D eigenvalue weighted by Crippen LogP contribution is -2.21. The smallest absolute Gasteiger partial charge is 0.340 e. The Hall–Kier alpha value is -2.98. The third kappa shape index (κ3) is 4.99. The molecule has 8 heteroatoms. The van der Waals surface area contributed by atoms with Gasteiger partial charge in [-0.3, -0.25) is 4.79 Å². The van der Waals surface area contributed by atoms with Crippen molar-refractivity contribution >= 4 is 29.2 Å². The summed E-state index contributed by atoms with van der Waals surface area (Å²) in [5.41, 5.74) is 0.864. The van der Waals surface area contributed by atoms with Gasteiger partial charge in [-0.1, -0.05) is 23.7 Å². The second-order valence-electron chi connectivity index (χ2n) is 4.90. The molecule has 0 atom stereocenters. The average Bonchev–Trinajstić information content (AvgIpc) is 2.58. The summed E-state index contributed by atoms with van der Waals surface area (Å²) in [7, 11) is 0. The van der Waals surface area contributed by atoms with E-state index in [2.05, 4.69) is 5.32 Å². The molecule has 0 saturated carbocycles. The molecule has 25 heavy (non-hydrogen) atoms. The number of nitriles is 1. The van der Waals surface area contributed by atoms with Gasteiger partial charge >= 0.3 is 5.97 Å². The van der Waals surface area contributed by atoms with Crippen LogP contribution in [0.5, 0.6) is 0 Å². The number of benzene rings is 2. The van der Waals surface area contributed by atoms with Gasteiger partial charge < -0.3 is 10.1 Å². The monoisotopic (exact) mass is 364 g/mol. The topological polar surface area (TPSA) is 79.2 Å². The molecule has 0 heterocycles. The highest BCUT2D eigenvalue weighted by Crippen LogP contribution is 2.20. The number of nitrogens with zero attached hydrogens (tertiary/aromatic N) is 1. The third-order valence-electron chi connectivity index (χ3n) is 3.09. The first kappa shape index (κ1) is 18.4. The van der Waals surface area contributed by atoms with Crippen LogP contribution in [-0.2, 0) is 16.0 Å². The van der Waals surface area contributed by atoms with Crippen LogP contribution in [-0.4, -0.2) is 18.5 Å². The normalized spacial score (nSPS) is 10.0. The second-order valence-corrected chi connectivity index (χ2v) is 5.31. The van der Waals surface area contributed by atoms with Gasteiger partial charge in [-0.2, -0.15) is 5.26 Å². The number of halogens is 3. The van der Waals surface area contributed by atoms with Crippen molar-refractivity contribution in [1.82, 2.24) is 0 Å². The van der Waals surface area contributed by atoms with Crippen molar-refractivity contribution < 1.29 is 23.1 Å². The molecule has 1 amide bonds. The predicted molar refractivity (Wildman–Crippen MR) is 86.0 cm³/mol. The number of carbonyl (C=O) groups is 2. The maximum atomic E-state index is 13.2. The van der Waals surface area contributed by atoms with Crippen molar-refractivity contribution in [2.24, 2.45) is 0 Å². The molecule has 2 rings (SSSR count). The highest BCUT2D eigenvalue weighted by atomic mass is 35.5. The van der Waals surface area contributed by atoms with Gasteiger partial charge in [0.15, 0.2) is 18.2 Å². The number of esters is 1. The Morgan fingerprint density at radius 2 is 1.80 bits per heavy atom. The minimum absolute atomic E-state index is 0.251. The van der Waals surface area contributed by atoms with Gasteiger partial charge in [-0.25, -0.2) is 13.6 Å². The molecule has 128 valence electrons. The largest absolute Gasteiger partial charge is 0.452 e. The van der Waals surface area contributed by atoms with Crippen molar-refractivity contribution in [3.63, 3.8) is 0 Å². The summed E-state index contributed by atoms with van der Waals surface area (Å²) in [5, 5.41) is 10.7. The molecular weight excluding hydrogens is 354 g/mol. The third-order valence-corrected chi connectivity index (χ3v) is 3.40. The molecule has 2 aromatic carbocycles. The van der Waals surface area contributed by atoms with Gasteiger partial charge in [-0.05, 0) is 29.8 Å². The molecule has 0 aliphatic rings. The molecule has 1 N–H and O–H groups in total. The molecule has 5 nitrogen and oxygen atoms in total. The lowest BCUT2D eigenvalue weighted by Gasteiger charge is -2.08. The number of hydrogen-bond donors (Lipinski definition) is 1. The first-order valence-corrected chi connectivity index (χ1v) is 7.36. The number of nitrogens with one attached hydrogen (secondary N) is 1. The highest BCUT2D eigenvalue weighted by molar-refractivity contribution is 6.33. The van der Waals surface area contributed by atoms with E-state index >= 15 is 0 Å². The van der Waals surface area contributed by atoms with Crippen molar-refractivity contribution in [2.75, 3.05) is 11.9 Å². The van der Waals surface area contributed by atoms with Crippen LogP contribution >= 0.6 is 11.6 Å². The Bertz CT molecular complexity index is 848. The molecule has 0 spiro atoms. The van der Waals surface area contributed by atoms with Crippen molar-refractivity contribution in [3.8, 4) is 6.07 Å². The lowest BCUT2D eigenvalue weighted by atomic mass is 10.1. The Morgan fingerprint density at radius 3 is 2.44 bits per heavy atom. The summed E-state index contributed by atoms with van der Waals surface area (Å²) >= 11 is 5.65. The second kappa shape index (κ2) is 8.22. The van der Waals surface area contributed by atoms with Gasteiger partial charge in [0, 0.05) is 5.69 Å². The summed E-state index contributed by atoms with van der Waals surface area (Å²) < 4.78 is 30.8. The molecule has 0 saturated heterocycles. The van der Waals surface area contributed by atoms with E-state index in [1.807, 2.05) is 6.07 Å². The minimum Gasteiger partial charge on any atom is -0.452 e. The van der Waals surface area contributed by atoms with Crippen LogP contribution < -0.4 is 5.32 Å². The van der Waals surface area contributed by atoms with Crippen LogP contribution in [0.25, 0.3) is 0 Å². The summed E-state index contributed by atoms with van der Waals surface area (Å²) in [6.45, 7) is -0.631. The predicted octanol–water partition coefficient (Wildman–Crippen LogP) is 3.48. The van der Waals surface area contributed by atoms with E-state index in [9.17, 15) is 18.4 Å². The van der Waals surface area contributed by atoms with Crippen LogP contribution in [0, 0.1) is 23.0 Å². The number of anilines is 1. The van der Waals surface area contributed by atoms with E-state index in [1.54, 1.807) is 24.3 Å². The van der Waals surface area contributed by atoms with Crippen molar-refractivity contribution in [2.45, 2.75) is 6.42 Å². The Morgan fingerprint density at radius 1 is 1.16 bits per heavy atom. The maximum Gasteiger partial charge on any atom is 0.340 e. The molecule has 0 aliphatic heterocycles. The first-order chi connectivity index (χ1) is 11.9.